The number of nitrogens with two attached hydrogens (primary N) is 1. The first kappa shape index (κ1) is 37.4. The maximum Gasteiger partial charge on any atom is 0.252 e. The molecule has 0 saturated heterocycles. The van der Waals surface area contributed by atoms with Crippen molar-refractivity contribution in [2.75, 3.05) is 7.05 Å². The Kier molecular flexibility index (Phi) is 13.3. The number of aldehydes is 1. The predicted octanol–water partition coefficient (Wildman–Crippen LogP) is 7.75. The third-order valence-electron chi connectivity index (χ3n) is 9.70. The first-order valence-electron chi connectivity index (χ1n) is 17.2. The lowest BCUT2D eigenvalue weighted by Crippen LogP contribution is -2.33. The summed E-state index contributed by atoms with van der Waals surface area (Å²) in [6, 6.07) is 0. The van der Waals surface area contributed by atoms with Crippen molar-refractivity contribution in [1.82, 2.24) is 4.90 Å². The Labute approximate surface area is 283 Å². The minimum absolute atomic E-state index is 0. The van der Waals surface area contributed by atoms with Crippen molar-refractivity contribution in [3.63, 3.8) is 0 Å². The molecule has 2 heterocycles. The van der Waals surface area contributed by atoms with Crippen molar-refractivity contribution in [2.24, 2.45) is 34.4 Å². The smallest absolute Gasteiger partial charge is 0.252 e. The number of rotatable bonds is 12. The molecule has 5 rings (SSSR count). The van der Waals surface area contributed by atoms with Crippen LogP contribution in [-0.4, -0.2) is 47.0 Å². The zero-order valence-corrected chi connectivity index (χ0v) is 29.1. The molecule has 3 aliphatic carbocycles. The summed E-state index contributed by atoms with van der Waals surface area (Å²) in [6.07, 6.45) is 17.7. The van der Waals surface area contributed by atoms with Crippen LogP contribution in [0, 0.1) is 23.7 Å². The van der Waals surface area contributed by atoms with E-state index in [4.69, 9.17) is 10.5 Å². The van der Waals surface area contributed by atoms with Crippen LogP contribution in [0.1, 0.15) is 95.3 Å². The van der Waals surface area contributed by atoms with Crippen LogP contribution < -0.4 is 5.73 Å². The van der Waals surface area contributed by atoms with E-state index in [1.807, 2.05) is 39.8 Å². The van der Waals surface area contributed by atoms with Gasteiger partial charge < -0.3 is 15.4 Å². The molecule has 8 heteroatoms. The summed E-state index contributed by atoms with van der Waals surface area (Å²) in [7, 11) is 1.64. The molecule has 4 unspecified atom stereocenters. The lowest BCUT2D eigenvalue weighted by atomic mass is 9.85. The first-order valence-corrected chi connectivity index (χ1v) is 17.2. The van der Waals surface area contributed by atoms with Crippen molar-refractivity contribution in [3.8, 4) is 0 Å². The maximum atomic E-state index is 13.8. The number of carbonyl (C=O) groups is 4. The Morgan fingerprint density at radius 3 is 2.49 bits per heavy atom. The summed E-state index contributed by atoms with van der Waals surface area (Å²) in [5.41, 5.74) is 8.55. The SMILES string of the molecule is C=C/C(C(N)=O)=C1/N=C(C(=O)CCC2=CC3=C(CCC2)OC2(C)CC32)C=C(C(=O)C[C@H]2CCC(/C=C/C=O)C2C=C)N1C.CC.CC.[HH].[HH]. The van der Waals surface area contributed by atoms with Crippen LogP contribution in [0.2, 0.25) is 0 Å². The molecule has 2 N–H and O–H groups in total. The third kappa shape index (κ3) is 8.27. The van der Waals surface area contributed by atoms with Gasteiger partial charge in [-0.05, 0) is 80.9 Å². The number of hydrogen-bond donors (Lipinski definition) is 1. The zero-order chi connectivity index (χ0) is 34.9. The molecule has 258 valence electrons. The number of nitrogens with zero attached hydrogens (tertiary/aromatic N) is 2. The Bertz CT molecular complexity index is 1470. The number of fused-ring (bicyclic) bond motifs is 2. The van der Waals surface area contributed by atoms with Crippen molar-refractivity contribution in [2.45, 2.75) is 98.0 Å². The average Bonchev–Trinajstić information content (AvgIpc) is 3.55. The third-order valence-corrected chi connectivity index (χ3v) is 9.70. The van der Waals surface area contributed by atoms with Crippen LogP contribution in [0.25, 0.3) is 0 Å². The molecular weight excluding hydrogens is 590 g/mol. The van der Waals surface area contributed by atoms with Gasteiger partial charge in [-0.15, -0.1) is 6.58 Å². The zero-order valence-electron chi connectivity index (χ0n) is 29.1. The molecule has 1 amide bonds. The molecule has 0 spiro atoms. The Hall–Kier alpha value is -4.07. The van der Waals surface area contributed by atoms with E-state index in [2.05, 4.69) is 31.2 Å². The van der Waals surface area contributed by atoms with Crippen LogP contribution >= 0.6 is 0 Å². The molecule has 0 radical (unpaired) electrons. The molecule has 5 atom stereocenters. The van der Waals surface area contributed by atoms with E-state index in [-0.39, 0.29) is 73.4 Å². The quantitative estimate of drug-likeness (QED) is 0.131. The van der Waals surface area contributed by atoms with Gasteiger partial charge in [0.05, 0.1) is 11.3 Å². The second-order valence-electron chi connectivity index (χ2n) is 12.5. The first-order chi connectivity index (χ1) is 22.6. The summed E-state index contributed by atoms with van der Waals surface area (Å²) in [6.45, 7) is 17.8. The Morgan fingerprint density at radius 2 is 1.85 bits per heavy atom. The highest BCUT2D eigenvalue weighted by Gasteiger charge is 2.59. The number of primary amides is 1. The molecule has 2 saturated carbocycles. The van der Waals surface area contributed by atoms with Gasteiger partial charge in [-0.25, -0.2) is 4.99 Å². The van der Waals surface area contributed by atoms with E-state index in [0.717, 1.165) is 50.6 Å². The van der Waals surface area contributed by atoms with Gasteiger partial charge in [-0.1, -0.05) is 64.2 Å². The number of Topliss-reactive ketones (excluding diaryl/α,β-unsaturated/α-hetero) is 2. The summed E-state index contributed by atoms with van der Waals surface area (Å²) in [5, 5.41) is 0. The standard InChI is InChI=1S/C35H41N3O5.2C2H6.2H2/c1-5-24-22(10-8-16-39)13-14-23(24)18-31(41)29-19-28(37-34(38(29)4)25(6-2)33(36)42)30(40)15-12-21-9-7-11-32-26(17-21)27-20-35(27,3)43-32;2*1-2;;/h5-6,8,10,16-17,19,22-24,27H,1-2,7,9,11-15,18,20H2,3-4H3,(H2,36,42);2*1-2H3;2*1H/b10-8+,34-25+;;;;/t22?,23-,24?,27?,35?;;;;/m1..../s1. The van der Waals surface area contributed by atoms with Crippen molar-refractivity contribution < 1.29 is 26.8 Å². The van der Waals surface area contributed by atoms with E-state index in [1.165, 1.54) is 28.2 Å². The van der Waals surface area contributed by atoms with Gasteiger partial charge in [-0.3, -0.25) is 19.2 Å². The van der Waals surface area contributed by atoms with E-state index < -0.39 is 5.91 Å². The largest absolute Gasteiger partial charge is 0.491 e. The van der Waals surface area contributed by atoms with Gasteiger partial charge in [0.1, 0.15) is 29.2 Å². The van der Waals surface area contributed by atoms with Crippen LogP contribution in [0.4, 0.5) is 0 Å². The van der Waals surface area contributed by atoms with Gasteiger partial charge in [0, 0.05) is 35.1 Å². The maximum absolute atomic E-state index is 13.8. The van der Waals surface area contributed by atoms with Crippen LogP contribution in [0.15, 0.2) is 88.6 Å². The van der Waals surface area contributed by atoms with Crippen LogP contribution in [-0.2, 0) is 23.9 Å². The minimum atomic E-state index is -0.744. The number of amides is 1. The fourth-order valence-corrected chi connectivity index (χ4v) is 7.19. The molecule has 0 aromatic heterocycles. The predicted molar refractivity (Wildman–Crippen MR) is 192 cm³/mol. The second kappa shape index (κ2) is 16.7. The molecule has 2 fully saturated rings. The summed E-state index contributed by atoms with van der Waals surface area (Å²) in [5.74, 6) is 0.820. The fraction of sp³-hybridized carbons (Fsp3) is 0.513. The topological polar surface area (TPSA) is 119 Å². The lowest BCUT2D eigenvalue weighted by molar-refractivity contribution is -0.118. The van der Waals surface area contributed by atoms with Crippen molar-refractivity contribution in [3.05, 3.63) is 83.6 Å². The second-order valence-corrected chi connectivity index (χ2v) is 12.5. The highest BCUT2D eigenvalue weighted by atomic mass is 16.5. The van der Waals surface area contributed by atoms with Gasteiger partial charge in [0.25, 0.3) is 5.91 Å². The van der Waals surface area contributed by atoms with Gasteiger partial charge in [0.15, 0.2) is 11.6 Å². The molecule has 5 aliphatic rings. The Morgan fingerprint density at radius 1 is 1.13 bits per heavy atom. The summed E-state index contributed by atoms with van der Waals surface area (Å²) in [4.78, 5) is 56.5. The average molecular weight is 648 g/mol. The normalized spacial score (nSPS) is 28.4. The van der Waals surface area contributed by atoms with Gasteiger partial charge in [0.2, 0.25) is 0 Å². The highest BCUT2D eigenvalue weighted by molar-refractivity contribution is 6.45. The fourth-order valence-electron chi connectivity index (χ4n) is 7.19. The summed E-state index contributed by atoms with van der Waals surface area (Å²) >= 11 is 0. The van der Waals surface area contributed by atoms with Crippen LogP contribution in [0.5, 0.6) is 0 Å². The molecule has 47 heavy (non-hydrogen) atoms. The van der Waals surface area contributed by atoms with Crippen LogP contribution in [0.3, 0.4) is 0 Å². The minimum Gasteiger partial charge on any atom is -0.491 e. The lowest BCUT2D eigenvalue weighted by Gasteiger charge is -2.28. The highest BCUT2D eigenvalue weighted by Crippen LogP contribution is 2.60. The number of ether oxygens (including phenoxy) is 1. The van der Waals surface area contributed by atoms with E-state index in [9.17, 15) is 19.2 Å². The number of carbonyl (C=O) groups excluding carboxylic acids is 4. The summed E-state index contributed by atoms with van der Waals surface area (Å²) < 4.78 is 6.20. The molecule has 8 nitrogen and oxygen atoms in total. The van der Waals surface area contributed by atoms with Crippen molar-refractivity contribution >= 4 is 29.5 Å². The molecular formula is C39H57N3O5. The van der Waals surface area contributed by atoms with E-state index >= 15 is 0 Å². The number of ketones is 2. The van der Waals surface area contributed by atoms with Gasteiger partial charge >= 0.3 is 0 Å². The van der Waals surface area contributed by atoms with E-state index in [1.54, 1.807) is 13.1 Å². The van der Waals surface area contributed by atoms with E-state index in [0.29, 0.717) is 12.3 Å². The number of hydrogen-bond acceptors (Lipinski definition) is 7. The molecule has 0 aromatic carbocycles. The number of allylic oxidation sites excluding steroid dienone is 8. The molecule has 2 aliphatic heterocycles. The molecule has 0 aromatic rings. The monoisotopic (exact) mass is 647 g/mol. The Balaban J connectivity index is 0.00000193. The van der Waals surface area contributed by atoms with Gasteiger partial charge in [-0.2, -0.15) is 0 Å². The molecule has 0 bridgehead atoms. The van der Waals surface area contributed by atoms with Crippen molar-refractivity contribution in [1.29, 1.82) is 0 Å². The number of aliphatic imine (C=N–C) groups is 1. The number of likely N-dealkylation sites (N-methyl/N-ethyl adjacent to an activating group) is 1.